The van der Waals surface area contributed by atoms with Crippen LogP contribution in [0.3, 0.4) is 0 Å². The molecule has 1 unspecified atom stereocenters. The van der Waals surface area contributed by atoms with E-state index in [4.69, 9.17) is 4.74 Å². The Balaban J connectivity index is 1.46. The summed E-state index contributed by atoms with van der Waals surface area (Å²) in [4.78, 5) is 2.58. The summed E-state index contributed by atoms with van der Waals surface area (Å²) in [5, 5.41) is 11.1. The molecule has 2 aromatic carbocycles. The van der Waals surface area contributed by atoms with Gasteiger partial charge in [-0.05, 0) is 49.2 Å². The number of benzene rings is 2. The van der Waals surface area contributed by atoms with Gasteiger partial charge in [0.1, 0.15) is 5.75 Å². The smallest absolute Gasteiger partial charge is 0.119 e. The van der Waals surface area contributed by atoms with Crippen LogP contribution in [0.5, 0.6) is 5.75 Å². The Morgan fingerprint density at radius 1 is 1.11 bits per heavy atom. The lowest BCUT2D eigenvalue weighted by molar-refractivity contribution is 0.238. The Kier molecular flexibility index (Phi) is 6.04. The molecule has 4 rings (SSSR count). The van der Waals surface area contributed by atoms with Gasteiger partial charge in [-0.25, -0.2) is 0 Å². The van der Waals surface area contributed by atoms with Crippen LogP contribution in [0.15, 0.2) is 60.8 Å². The summed E-state index contributed by atoms with van der Waals surface area (Å²) in [6.07, 6.45) is 4.48. The summed E-state index contributed by atoms with van der Waals surface area (Å²) in [6, 6.07) is 19.2. The lowest BCUT2D eigenvalue weighted by Crippen LogP contribution is -2.34. The van der Waals surface area contributed by atoms with Gasteiger partial charge in [0.05, 0.1) is 19.0 Å². The number of likely N-dealkylation sites (tertiary alicyclic amines) is 1. The van der Waals surface area contributed by atoms with Gasteiger partial charge >= 0.3 is 0 Å². The number of methoxy groups -OCH3 is 1. The molecule has 0 saturated carbocycles. The van der Waals surface area contributed by atoms with Crippen LogP contribution in [0.4, 0.5) is 0 Å². The molecule has 2 N–H and O–H groups in total. The number of ether oxygens (including phenoxy) is 1. The van der Waals surface area contributed by atoms with E-state index in [0.717, 1.165) is 37.6 Å². The molecule has 1 aromatic heterocycles. The zero-order valence-corrected chi connectivity index (χ0v) is 16.4. The normalized spacial score (nSPS) is 15.6. The van der Waals surface area contributed by atoms with Crippen molar-refractivity contribution >= 4 is 0 Å². The number of H-pyrrole nitrogens is 1. The average molecular weight is 377 g/mol. The van der Waals surface area contributed by atoms with E-state index in [1.807, 2.05) is 18.3 Å². The van der Waals surface area contributed by atoms with Crippen molar-refractivity contribution in [3.8, 4) is 17.0 Å². The fraction of sp³-hybridized carbons (Fsp3) is 0.348. The van der Waals surface area contributed by atoms with Gasteiger partial charge in [-0.1, -0.05) is 42.5 Å². The first-order chi connectivity index (χ1) is 13.8. The number of aromatic nitrogens is 2. The molecule has 5 heteroatoms. The molecular formula is C23H28N4O. The van der Waals surface area contributed by atoms with Crippen LogP contribution in [0, 0.1) is 0 Å². The molecule has 28 heavy (non-hydrogen) atoms. The van der Waals surface area contributed by atoms with E-state index in [1.165, 1.54) is 29.5 Å². The molecule has 0 spiro atoms. The minimum Gasteiger partial charge on any atom is -0.497 e. The van der Waals surface area contributed by atoms with Crippen molar-refractivity contribution in [3.05, 3.63) is 71.9 Å². The fourth-order valence-corrected chi connectivity index (χ4v) is 4.00. The third-order valence-corrected chi connectivity index (χ3v) is 5.49. The second-order valence-corrected chi connectivity index (χ2v) is 7.30. The quantitative estimate of drug-likeness (QED) is 0.624. The van der Waals surface area contributed by atoms with Gasteiger partial charge in [0.25, 0.3) is 0 Å². The summed E-state index contributed by atoms with van der Waals surface area (Å²) >= 11 is 0. The second-order valence-electron chi connectivity index (χ2n) is 7.30. The number of nitrogens with zero attached hydrogens (tertiary/aromatic N) is 2. The van der Waals surface area contributed by atoms with E-state index in [0.29, 0.717) is 6.04 Å². The lowest BCUT2D eigenvalue weighted by Gasteiger charge is -2.28. The van der Waals surface area contributed by atoms with Gasteiger partial charge in [-0.2, -0.15) is 5.10 Å². The van der Waals surface area contributed by atoms with Crippen molar-refractivity contribution in [2.75, 3.05) is 26.7 Å². The zero-order valence-electron chi connectivity index (χ0n) is 16.4. The molecule has 0 bridgehead atoms. The van der Waals surface area contributed by atoms with Crippen molar-refractivity contribution in [2.24, 2.45) is 0 Å². The van der Waals surface area contributed by atoms with E-state index in [2.05, 4.69) is 62.9 Å². The Bertz CT molecular complexity index is 871. The topological polar surface area (TPSA) is 53.2 Å². The maximum atomic E-state index is 5.44. The third kappa shape index (κ3) is 4.26. The predicted octanol–water partition coefficient (Wildman–Crippen LogP) is 4.01. The molecule has 2 heterocycles. The van der Waals surface area contributed by atoms with Crippen molar-refractivity contribution < 1.29 is 4.74 Å². The van der Waals surface area contributed by atoms with Crippen LogP contribution in [-0.2, 0) is 6.54 Å². The van der Waals surface area contributed by atoms with E-state index in [1.54, 1.807) is 7.11 Å². The summed E-state index contributed by atoms with van der Waals surface area (Å²) in [6.45, 7) is 4.00. The molecule has 0 amide bonds. The monoisotopic (exact) mass is 376 g/mol. The van der Waals surface area contributed by atoms with Crippen LogP contribution in [0.1, 0.15) is 30.0 Å². The van der Waals surface area contributed by atoms with E-state index < -0.39 is 0 Å². The highest BCUT2D eigenvalue weighted by molar-refractivity contribution is 5.62. The minimum absolute atomic E-state index is 0.352. The molecule has 5 nitrogen and oxygen atoms in total. The molecule has 146 valence electrons. The van der Waals surface area contributed by atoms with Gasteiger partial charge in [0.2, 0.25) is 0 Å². The highest BCUT2D eigenvalue weighted by Gasteiger charge is 2.23. The highest BCUT2D eigenvalue weighted by Crippen LogP contribution is 2.27. The largest absolute Gasteiger partial charge is 0.497 e. The first-order valence-corrected chi connectivity index (χ1v) is 10.0. The maximum absolute atomic E-state index is 5.44. The SMILES string of the molecule is COc1cccc(C(CNCc2cn[nH]c2-c2ccccc2)N2CCCC2)c1. The molecule has 1 atom stereocenters. The molecule has 0 radical (unpaired) electrons. The van der Waals surface area contributed by atoms with Gasteiger partial charge < -0.3 is 10.1 Å². The van der Waals surface area contributed by atoms with Crippen LogP contribution in [0.2, 0.25) is 0 Å². The molecule has 1 aliphatic rings. The number of rotatable bonds is 8. The molecular weight excluding hydrogens is 348 g/mol. The van der Waals surface area contributed by atoms with Crippen LogP contribution < -0.4 is 10.1 Å². The lowest BCUT2D eigenvalue weighted by atomic mass is 10.0. The Morgan fingerprint density at radius 2 is 1.93 bits per heavy atom. The van der Waals surface area contributed by atoms with Gasteiger partial charge in [0.15, 0.2) is 0 Å². The van der Waals surface area contributed by atoms with E-state index in [-0.39, 0.29) is 0 Å². The van der Waals surface area contributed by atoms with Gasteiger partial charge in [0, 0.05) is 24.7 Å². The number of hydrogen-bond donors (Lipinski definition) is 2. The molecule has 1 aliphatic heterocycles. The Labute approximate surface area is 166 Å². The summed E-state index contributed by atoms with van der Waals surface area (Å²) in [5.74, 6) is 0.919. The first kappa shape index (κ1) is 18.7. The Hall–Kier alpha value is -2.63. The van der Waals surface area contributed by atoms with Crippen molar-refractivity contribution in [1.82, 2.24) is 20.4 Å². The van der Waals surface area contributed by atoms with Crippen LogP contribution >= 0.6 is 0 Å². The fourth-order valence-electron chi connectivity index (χ4n) is 4.00. The standard InChI is InChI=1S/C23H28N4O/c1-28-21-11-7-10-19(14-21)22(27-12-5-6-13-27)17-24-15-20-16-25-26-23(20)18-8-3-2-4-9-18/h2-4,7-11,14,16,22,24H,5-6,12-13,15,17H2,1H3,(H,25,26). The highest BCUT2D eigenvalue weighted by atomic mass is 16.5. The van der Waals surface area contributed by atoms with Crippen LogP contribution in [0.25, 0.3) is 11.3 Å². The number of nitrogens with one attached hydrogen (secondary N) is 2. The van der Waals surface area contributed by atoms with Gasteiger partial charge in [-0.3, -0.25) is 10.00 Å². The van der Waals surface area contributed by atoms with Crippen LogP contribution in [-0.4, -0.2) is 41.8 Å². The van der Waals surface area contributed by atoms with E-state index in [9.17, 15) is 0 Å². The molecule has 1 saturated heterocycles. The van der Waals surface area contributed by atoms with Crippen molar-refractivity contribution in [1.29, 1.82) is 0 Å². The predicted molar refractivity (Wildman–Crippen MR) is 112 cm³/mol. The van der Waals surface area contributed by atoms with Crippen molar-refractivity contribution in [2.45, 2.75) is 25.4 Å². The maximum Gasteiger partial charge on any atom is 0.119 e. The second kappa shape index (κ2) is 9.04. The summed E-state index contributed by atoms with van der Waals surface area (Å²) < 4.78 is 5.44. The summed E-state index contributed by atoms with van der Waals surface area (Å²) in [7, 11) is 1.73. The van der Waals surface area contributed by atoms with Crippen molar-refractivity contribution in [3.63, 3.8) is 0 Å². The number of hydrogen-bond acceptors (Lipinski definition) is 4. The van der Waals surface area contributed by atoms with Gasteiger partial charge in [-0.15, -0.1) is 0 Å². The zero-order chi connectivity index (χ0) is 19.2. The molecule has 1 fully saturated rings. The molecule has 3 aromatic rings. The minimum atomic E-state index is 0.352. The van der Waals surface area contributed by atoms with E-state index >= 15 is 0 Å². The molecule has 0 aliphatic carbocycles. The first-order valence-electron chi connectivity index (χ1n) is 10.0. The third-order valence-electron chi connectivity index (χ3n) is 5.49. The summed E-state index contributed by atoms with van der Waals surface area (Å²) in [5.41, 5.74) is 4.76. The Morgan fingerprint density at radius 3 is 2.71 bits per heavy atom. The average Bonchev–Trinajstić information content (AvgIpc) is 3.44. The number of aromatic amines is 1.